The number of benzene rings is 1. The molecule has 1 fully saturated rings. The molecule has 23 heavy (non-hydrogen) atoms. The van der Waals surface area contributed by atoms with Crippen molar-refractivity contribution in [2.75, 3.05) is 20.1 Å². The minimum atomic E-state index is -0.761. The molecular formula is C19H21NO2S. The topological polar surface area (TPSA) is 40.5 Å². The third kappa shape index (κ3) is 2.65. The summed E-state index contributed by atoms with van der Waals surface area (Å²) in [5, 5.41) is 11.0. The molecule has 2 aromatic rings. The van der Waals surface area contributed by atoms with Crippen molar-refractivity contribution < 1.29 is 9.90 Å². The molecule has 0 saturated carbocycles. The minimum absolute atomic E-state index is 0.192. The van der Waals surface area contributed by atoms with Crippen molar-refractivity contribution >= 4 is 17.1 Å². The van der Waals surface area contributed by atoms with Crippen molar-refractivity contribution in [1.82, 2.24) is 4.90 Å². The monoisotopic (exact) mass is 327 g/mol. The van der Waals surface area contributed by atoms with Gasteiger partial charge < -0.3 is 10.0 Å². The van der Waals surface area contributed by atoms with E-state index in [1.165, 1.54) is 16.9 Å². The normalized spacial score (nSPS) is 20.7. The van der Waals surface area contributed by atoms with E-state index in [9.17, 15) is 9.90 Å². The van der Waals surface area contributed by atoms with Gasteiger partial charge in [0.2, 0.25) is 0 Å². The quantitative estimate of drug-likeness (QED) is 0.875. The summed E-state index contributed by atoms with van der Waals surface area (Å²) in [5.74, 6) is 0.192. The summed E-state index contributed by atoms with van der Waals surface area (Å²) >= 11 is 1.52. The van der Waals surface area contributed by atoms with Crippen LogP contribution in [0.15, 0.2) is 30.3 Å². The van der Waals surface area contributed by atoms with Gasteiger partial charge in [0.25, 0.3) is 0 Å². The van der Waals surface area contributed by atoms with Gasteiger partial charge in [-0.1, -0.05) is 24.3 Å². The van der Waals surface area contributed by atoms with Crippen LogP contribution in [0, 0.1) is 0 Å². The third-order valence-electron chi connectivity index (χ3n) is 5.19. The molecule has 1 saturated heterocycles. The van der Waals surface area contributed by atoms with E-state index in [4.69, 9.17) is 0 Å². The smallest absolute Gasteiger partial charge is 0.177 e. The number of piperidine rings is 1. The molecule has 0 atom stereocenters. The molecule has 120 valence electrons. The van der Waals surface area contributed by atoms with E-state index in [2.05, 4.69) is 30.1 Å². The lowest BCUT2D eigenvalue weighted by molar-refractivity contribution is -0.0172. The summed E-state index contributed by atoms with van der Waals surface area (Å²) in [6.07, 6.45) is 2.76. The summed E-state index contributed by atoms with van der Waals surface area (Å²) in [6.45, 7) is 1.80. The average Bonchev–Trinajstić information content (AvgIpc) is 2.92. The number of thiophene rings is 1. The molecule has 1 aromatic heterocycles. The van der Waals surface area contributed by atoms with Crippen LogP contribution in [-0.4, -0.2) is 35.9 Å². The Morgan fingerprint density at radius 2 is 1.74 bits per heavy atom. The van der Waals surface area contributed by atoms with Crippen LogP contribution in [0.4, 0.5) is 0 Å². The van der Waals surface area contributed by atoms with E-state index in [0.29, 0.717) is 6.42 Å². The molecule has 0 spiro atoms. The lowest BCUT2D eigenvalue weighted by Gasteiger charge is -2.35. The Hall–Kier alpha value is -1.49. The molecule has 0 radical (unpaired) electrons. The lowest BCUT2D eigenvalue weighted by atomic mass is 9.89. The van der Waals surface area contributed by atoms with Crippen LogP contribution in [0.25, 0.3) is 0 Å². The second kappa shape index (κ2) is 5.55. The minimum Gasteiger partial charge on any atom is -0.384 e. The first-order chi connectivity index (χ1) is 11.0. The fourth-order valence-electron chi connectivity index (χ4n) is 3.62. The zero-order valence-corrected chi connectivity index (χ0v) is 14.2. The van der Waals surface area contributed by atoms with Crippen molar-refractivity contribution in [3.63, 3.8) is 0 Å². The van der Waals surface area contributed by atoms with Crippen LogP contribution in [0.2, 0.25) is 0 Å². The third-order valence-corrected chi connectivity index (χ3v) is 6.60. The van der Waals surface area contributed by atoms with Gasteiger partial charge in [0, 0.05) is 24.4 Å². The molecule has 1 aliphatic heterocycles. The predicted molar refractivity (Wildman–Crippen MR) is 92.2 cm³/mol. The molecule has 0 amide bonds. The molecular weight excluding hydrogens is 306 g/mol. The fourth-order valence-corrected chi connectivity index (χ4v) is 4.88. The highest BCUT2D eigenvalue weighted by Gasteiger charge is 2.36. The van der Waals surface area contributed by atoms with Crippen LogP contribution in [-0.2, 0) is 18.4 Å². The number of hydrogen-bond donors (Lipinski definition) is 1. The van der Waals surface area contributed by atoms with Gasteiger partial charge in [0.15, 0.2) is 5.78 Å². The van der Waals surface area contributed by atoms with E-state index in [0.717, 1.165) is 53.2 Å². The second-order valence-electron chi connectivity index (χ2n) is 6.85. The van der Waals surface area contributed by atoms with Crippen LogP contribution in [0.1, 0.15) is 44.1 Å². The van der Waals surface area contributed by atoms with E-state index in [-0.39, 0.29) is 5.78 Å². The number of Topliss-reactive ketones (excluding diaryl/α,β-unsaturated/α-hetero) is 1. The Kier molecular flexibility index (Phi) is 3.63. The average molecular weight is 327 g/mol. The molecule has 1 aliphatic carbocycles. The van der Waals surface area contributed by atoms with Crippen molar-refractivity contribution in [2.45, 2.75) is 31.3 Å². The number of fused-ring (bicyclic) bond motifs is 2. The lowest BCUT2D eigenvalue weighted by Crippen LogP contribution is -2.40. The number of nitrogens with zero attached hydrogens (tertiary/aromatic N) is 1. The standard InChI is InChI=1S/C19H21NO2S/c1-20-8-6-19(22,7-9-20)17-12-15-10-13-4-2-3-5-14(13)11-16(21)18(15)23-17/h2-5,12,22H,6-11H2,1H3. The SMILES string of the molecule is CN1CCC(O)(c2cc3c(s2)C(=O)Cc2ccccc2C3)CC1. The Morgan fingerprint density at radius 3 is 2.43 bits per heavy atom. The number of likely N-dealkylation sites (tertiary alicyclic amines) is 1. The maximum absolute atomic E-state index is 12.6. The highest BCUT2D eigenvalue weighted by molar-refractivity contribution is 7.14. The van der Waals surface area contributed by atoms with E-state index in [1.54, 1.807) is 0 Å². The summed E-state index contributed by atoms with van der Waals surface area (Å²) in [7, 11) is 2.09. The summed E-state index contributed by atoms with van der Waals surface area (Å²) < 4.78 is 0. The molecule has 4 heteroatoms. The molecule has 1 aromatic carbocycles. The molecule has 2 heterocycles. The van der Waals surface area contributed by atoms with Gasteiger partial charge in [-0.05, 0) is 49.1 Å². The van der Waals surface area contributed by atoms with Crippen molar-refractivity contribution in [2.24, 2.45) is 0 Å². The van der Waals surface area contributed by atoms with Gasteiger partial charge >= 0.3 is 0 Å². The number of ketones is 1. The van der Waals surface area contributed by atoms with Crippen molar-refractivity contribution in [1.29, 1.82) is 0 Å². The Bertz CT molecular complexity index is 756. The first kappa shape index (κ1) is 15.1. The van der Waals surface area contributed by atoms with E-state index < -0.39 is 5.60 Å². The molecule has 0 unspecified atom stereocenters. The number of carbonyl (C=O) groups is 1. The van der Waals surface area contributed by atoms with Gasteiger partial charge in [0.05, 0.1) is 4.88 Å². The van der Waals surface area contributed by atoms with E-state index >= 15 is 0 Å². The molecule has 3 nitrogen and oxygen atoms in total. The summed E-state index contributed by atoms with van der Waals surface area (Å²) in [4.78, 5) is 16.7. The maximum Gasteiger partial charge on any atom is 0.177 e. The van der Waals surface area contributed by atoms with Crippen molar-refractivity contribution in [3.8, 4) is 0 Å². The number of carbonyl (C=O) groups excluding carboxylic acids is 1. The van der Waals surface area contributed by atoms with Gasteiger partial charge in [-0.2, -0.15) is 0 Å². The fraction of sp³-hybridized carbons (Fsp3) is 0.421. The maximum atomic E-state index is 12.6. The van der Waals surface area contributed by atoms with Gasteiger partial charge in [-0.25, -0.2) is 0 Å². The molecule has 2 aliphatic rings. The molecule has 4 rings (SSSR count). The largest absolute Gasteiger partial charge is 0.384 e. The zero-order chi connectivity index (χ0) is 16.0. The van der Waals surface area contributed by atoms with Crippen LogP contribution in [0.5, 0.6) is 0 Å². The van der Waals surface area contributed by atoms with Crippen LogP contribution in [0.3, 0.4) is 0 Å². The van der Waals surface area contributed by atoms with Crippen LogP contribution >= 0.6 is 11.3 Å². The number of aliphatic hydroxyl groups is 1. The van der Waals surface area contributed by atoms with E-state index in [1.807, 2.05) is 12.1 Å². The highest BCUT2D eigenvalue weighted by atomic mass is 32.1. The second-order valence-corrected chi connectivity index (χ2v) is 7.90. The van der Waals surface area contributed by atoms with Gasteiger partial charge in [-0.15, -0.1) is 11.3 Å². The van der Waals surface area contributed by atoms with Crippen LogP contribution < -0.4 is 0 Å². The Morgan fingerprint density at radius 1 is 1.09 bits per heavy atom. The Labute approximate surface area is 140 Å². The first-order valence-electron chi connectivity index (χ1n) is 8.19. The summed E-state index contributed by atoms with van der Waals surface area (Å²) in [6, 6.07) is 10.3. The first-order valence-corrected chi connectivity index (χ1v) is 9.01. The Balaban J connectivity index is 1.71. The molecule has 0 bridgehead atoms. The van der Waals surface area contributed by atoms with Gasteiger partial charge in [0.1, 0.15) is 5.60 Å². The molecule has 1 N–H and O–H groups in total. The predicted octanol–water partition coefficient (Wildman–Crippen LogP) is 2.99. The number of rotatable bonds is 1. The van der Waals surface area contributed by atoms with Gasteiger partial charge in [-0.3, -0.25) is 4.79 Å². The highest BCUT2D eigenvalue weighted by Crippen LogP contribution is 2.40. The van der Waals surface area contributed by atoms with Crippen molar-refractivity contribution in [3.05, 3.63) is 56.8 Å². The zero-order valence-electron chi connectivity index (χ0n) is 13.3. The number of hydrogen-bond acceptors (Lipinski definition) is 4. The summed E-state index contributed by atoms with van der Waals surface area (Å²) in [5.41, 5.74) is 2.70.